The molecule has 1 unspecified atom stereocenters. The van der Waals surface area contributed by atoms with Crippen molar-refractivity contribution in [3.8, 4) is 0 Å². The summed E-state index contributed by atoms with van der Waals surface area (Å²) in [6, 6.07) is 0.759. The van der Waals surface area contributed by atoms with E-state index in [0.29, 0.717) is 0 Å². The Hall–Kier alpha value is -0.0800. The first-order chi connectivity index (χ1) is 8.08. The molecule has 102 valence electrons. The quantitative estimate of drug-likeness (QED) is 0.701. The molecule has 1 aliphatic rings. The van der Waals surface area contributed by atoms with Gasteiger partial charge < -0.3 is 10.2 Å². The molecule has 0 aliphatic carbocycles. The highest BCUT2D eigenvalue weighted by Crippen LogP contribution is 2.11. The zero-order chi connectivity index (χ0) is 12.7. The molecule has 0 aromatic carbocycles. The summed E-state index contributed by atoms with van der Waals surface area (Å²) in [4.78, 5) is 2.68. The molecule has 1 N–H and O–H groups in total. The molecule has 0 aromatic rings. The normalized spacial score (nSPS) is 21.0. The summed E-state index contributed by atoms with van der Waals surface area (Å²) in [6.45, 7) is 14.4. The number of nitrogens with one attached hydrogen (secondary N) is 1. The average molecular weight is 240 g/mol. The highest BCUT2D eigenvalue weighted by atomic mass is 15.1. The Morgan fingerprint density at radius 2 is 1.65 bits per heavy atom. The number of nitrogens with zero attached hydrogens (tertiary/aromatic N) is 1. The molecule has 1 atom stereocenters. The summed E-state index contributed by atoms with van der Waals surface area (Å²) in [5.41, 5.74) is 0. The monoisotopic (exact) mass is 240 g/mol. The second-order valence-corrected chi connectivity index (χ2v) is 6.46. The van der Waals surface area contributed by atoms with Gasteiger partial charge in [0.05, 0.1) is 0 Å². The predicted molar refractivity (Wildman–Crippen MR) is 76.4 cm³/mol. The van der Waals surface area contributed by atoms with Crippen LogP contribution in [0.1, 0.15) is 53.4 Å². The molecular formula is C15H32N2. The summed E-state index contributed by atoms with van der Waals surface area (Å²) in [5, 5.41) is 3.62. The average Bonchev–Trinajstić information content (AvgIpc) is 2.74. The Bertz CT molecular complexity index is 171. The van der Waals surface area contributed by atoms with E-state index < -0.39 is 0 Å². The largest absolute Gasteiger partial charge is 0.313 e. The van der Waals surface area contributed by atoms with Crippen molar-refractivity contribution in [3.63, 3.8) is 0 Å². The number of rotatable bonds is 8. The van der Waals surface area contributed by atoms with Crippen molar-refractivity contribution in [1.82, 2.24) is 10.2 Å². The maximum absolute atomic E-state index is 3.62. The van der Waals surface area contributed by atoms with E-state index in [1.165, 1.54) is 51.9 Å². The van der Waals surface area contributed by atoms with Gasteiger partial charge in [0, 0.05) is 12.6 Å². The maximum Gasteiger partial charge on any atom is 0.0195 e. The lowest BCUT2D eigenvalue weighted by Gasteiger charge is -2.27. The molecule has 0 saturated carbocycles. The molecule has 0 aromatic heterocycles. The molecule has 1 rings (SSSR count). The fourth-order valence-corrected chi connectivity index (χ4v) is 2.40. The van der Waals surface area contributed by atoms with Gasteiger partial charge >= 0.3 is 0 Å². The van der Waals surface area contributed by atoms with Crippen LogP contribution >= 0.6 is 0 Å². The van der Waals surface area contributed by atoms with Gasteiger partial charge in [-0.1, -0.05) is 27.7 Å². The van der Waals surface area contributed by atoms with Crippen LogP contribution < -0.4 is 5.32 Å². The predicted octanol–water partition coefficient (Wildman–Crippen LogP) is 3.13. The third-order valence-electron chi connectivity index (χ3n) is 3.69. The van der Waals surface area contributed by atoms with Crippen molar-refractivity contribution < 1.29 is 0 Å². The minimum Gasteiger partial charge on any atom is -0.313 e. The van der Waals surface area contributed by atoms with Crippen molar-refractivity contribution in [2.45, 2.75) is 59.4 Å². The third-order valence-corrected chi connectivity index (χ3v) is 3.69. The third kappa shape index (κ3) is 7.05. The molecule has 1 saturated heterocycles. The van der Waals surface area contributed by atoms with Crippen LogP contribution in [0, 0.1) is 11.8 Å². The Kier molecular flexibility index (Phi) is 7.14. The summed E-state index contributed by atoms with van der Waals surface area (Å²) >= 11 is 0. The molecule has 2 nitrogen and oxygen atoms in total. The van der Waals surface area contributed by atoms with Gasteiger partial charge in [-0.2, -0.15) is 0 Å². The van der Waals surface area contributed by atoms with E-state index in [9.17, 15) is 0 Å². The Balaban J connectivity index is 2.28. The van der Waals surface area contributed by atoms with Gasteiger partial charge in [0.25, 0.3) is 0 Å². The van der Waals surface area contributed by atoms with Gasteiger partial charge in [-0.25, -0.2) is 0 Å². The van der Waals surface area contributed by atoms with Crippen LogP contribution in [0.3, 0.4) is 0 Å². The van der Waals surface area contributed by atoms with Crippen molar-refractivity contribution in [3.05, 3.63) is 0 Å². The highest BCUT2D eigenvalue weighted by molar-refractivity contribution is 4.78. The first kappa shape index (κ1) is 15.0. The molecule has 0 radical (unpaired) electrons. The molecule has 0 amide bonds. The van der Waals surface area contributed by atoms with Gasteiger partial charge in [0.1, 0.15) is 0 Å². The summed E-state index contributed by atoms with van der Waals surface area (Å²) in [6.07, 6.45) is 5.42. The second-order valence-electron chi connectivity index (χ2n) is 6.46. The van der Waals surface area contributed by atoms with E-state index in [1.807, 2.05) is 0 Å². The molecular weight excluding hydrogens is 208 g/mol. The van der Waals surface area contributed by atoms with Gasteiger partial charge in [-0.15, -0.1) is 0 Å². The van der Waals surface area contributed by atoms with E-state index in [4.69, 9.17) is 0 Å². The lowest BCUT2D eigenvalue weighted by Crippen LogP contribution is -2.39. The van der Waals surface area contributed by atoms with Crippen LogP contribution in [0.5, 0.6) is 0 Å². The van der Waals surface area contributed by atoms with Gasteiger partial charge in [0.15, 0.2) is 0 Å². The SMILES string of the molecule is CC(C)CCN(CCC(C)C)CC1CCCN1. The molecule has 0 spiro atoms. The van der Waals surface area contributed by atoms with Crippen LogP contribution in [0.25, 0.3) is 0 Å². The minimum atomic E-state index is 0.759. The standard InChI is InChI=1S/C15H32N2/c1-13(2)7-10-17(11-8-14(3)4)12-15-6-5-9-16-15/h13-16H,5-12H2,1-4H3. The Morgan fingerprint density at radius 3 is 2.06 bits per heavy atom. The van der Waals surface area contributed by atoms with Crippen LogP contribution in [-0.4, -0.2) is 37.1 Å². The number of hydrogen-bond donors (Lipinski definition) is 1. The molecule has 0 bridgehead atoms. The van der Waals surface area contributed by atoms with E-state index >= 15 is 0 Å². The summed E-state index contributed by atoms with van der Waals surface area (Å²) < 4.78 is 0. The fraction of sp³-hybridized carbons (Fsp3) is 1.00. The summed E-state index contributed by atoms with van der Waals surface area (Å²) in [5.74, 6) is 1.65. The van der Waals surface area contributed by atoms with Crippen molar-refractivity contribution in [1.29, 1.82) is 0 Å². The van der Waals surface area contributed by atoms with Crippen LogP contribution in [0.2, 0.25) is 0 Å². The van der Waals surface area contributed by atoms with E-state index in [-0.39, 0.29) is 0 Å². The van der Waals surface area contributed by atoms with Crippen LogP contribution in [-0.2, 0) is 0 Å². The van der Waals surface area contributed by atoms with E-state index in [1.54, 1.807) is 0 Å². The first-order valence-corrected chi connectivity index (χ1v) is 7.53. The topological polar surface area (TPSA) is 15.3 Å². The Labute approximate surface area is 108 Å². The summed E-state index contributed by atoms with van der Waals surface area (Å²) in [7, 11) is 0. The van der Waals surface area contributed by atoms with Crippen LogP contribution in [0.4, 0.5) is 0 Å². The van der Waals surface area contributed by atoms with Crippen LogP contribution in [0.15, 0.2) is 0 Å². The van der Waals surface area contributed by atoms with Gasteiger partial charge in [-0.3, -0.25) is 0 Å². The molecule has 1 aliphatic heterocycles. The number of hydrogen-bond acceptors (Lipinski definition) is 2. The highest BCUT2D eigenvalue weighted by Gasteiger charge is 2.17. The minimum absolute atomic E-state index is 0.759. The molecule has 2 heteroatoms. The van der Waals surface area contributed by atoms with Crippen molar-refractivity contribution in [2.75, 3.05) is 26.2 Å². The first-order valence-electron chi connectivity index (χ1n) is 7.53. The molecule has 1 fully saturated rings. The van der Waals surface area contributed by atoms with Crippen molar-refractivity contribution >= 4 is 0 Å². The van der Waals surface area contributed by atoms with Crippen molar-refractivity contribution in [2.24, 2.45) is 11.8 Å². The Morgan fingerprint density at radius 1 is 1.06 bits per heavy atom. The second kappa shape index (κ2) is 8.10. The lowest BCUT2D eigenvalue weighted by molar-refractivity contribution is 0.224. The lowest BCUT2D eigenvalue weighted by atomic mass is 10.1. The molecule has 1 heterocycles. The van der Waals surface area contributed by atoms with E-state index in [2.05, 4.69) is 37.9 Å². The van der Waals surface area contributed by atoms with Gasteiger partial charge in [0.2, 0.25) is 0 Å². The zero-order valence-electron chi connectivity index (χ0n) is 12.3. The maximum atomic E-state index is 3.62. The molecule has 17 heavy (non-hydrogen) atoms. The van der Waals surface area contributed by atoms with E-state index in [0.717, 1.165) is 17.9 Å². The van der Waals surface area contributed by atoms with Gasteiger partial charge in [-0.05, 0) is 57.2 Å². The fourth-order valence-electron chi connectivity index (χ4n) is 2.40. The zero-order valence-corrected chi connectivity index (χ0v) is 12.3. The smallest absolute Gasteiger partial charge is 0.0195 e.